The number of benzene rings is 2. The highest BCUT2D eigenvalue weighted by molar-refractivity contribution is 5.92. The van der Waals surface area contributed by atoms with Crippen LogP contribution in [0.5, 0.6) is 11.5 Å². The Bertz CT molecular complexity index is 845. The van der Waals surface area contributed by atoms with Crippen molar-refractivity contribution in [2.24, 2.45) is 0 Å². The second-order valence-electron chi connectivity index (χ2n) is 5.65. The minimum Gasteiger partial charge on any atom is -0.395 e. The summed E-state index contributed by atoms with van der Waals surface area (Å²) in [7, 11) is 0. The third-order valence-electron chi connectivity index (χ3n) is 3.70. The number of ether oxygens (including phenoxy) is 2. The number of alkyl halides is 2. The molecule has 0 radical (unpaired) electrons. The first-order valence-corrected chi connectivity index (χ1v) is 7.61. The minimum atomic E-state index is -3.73. The van der Waals surface area contributed by atoms with E-state index in [-0.39, 0.29) is 23.7 Å². The van der Waals surface area contributed by atoms with Gasteiger partial charge in [-0.2, -0.15) is 0 Å². The second-order valence-corrected chi connectivity index (χ2v) is 5.65. The summed E-state index contributed by atoms with van der Waals surface area (Å²) in [6, 6.07) is 6.91. The molecule has 0 saturated heterocycles. The first kappa shape index (κ1) is 18.0. The summed E-state index contributed by atoms with van der Waals surface area (Å²) < 4.78 is 60.7. The predicted molar refractivity (Wildman–Crippen MR) is 84.1 cm³/mol. The lowest BCUT2D eigenvalue weighted by molar-refractivity contribution is -0.286. The Morgan fingerprint density at radius 3 is 2.54 bits per heavy atom. The van der Waals surface area contributed by atoms with Crippen molar-refractivity contribution in [3.05, 3.63) is 53.6 Å². The SMILES string of the molecule is C[C@H](NCC(=O)Nc1ccc2c(c1)OC(F)(F)O2)c1ccc(F)c(F)c1. The Kier molecular flexibility index (Phi) is 4.73. The van der Waals surface area contributed by atoms with E-state index in [4.69, 9.17) is 0 Å². The van der Waals surface area contributed by atoms with Crippen LogP contribution in [0.4, 0.5) is 23.2 Å². The van der Waals surface area contributed by atoms with Gasteiger partial charge in [-0.25, -0.2) is 8.78 Å². The van der Waals surface area contributed by atoms with Gasteiger partial charge in [0.25, 0.3) is 0 Å². The molecule has 0 aromatic heterocycles. The summed E-state index contributed by atoms with van der Waals surface area (Å²) >= 11 is 0. The van der Waals surface area contributed by atoms with Gasteiger partial charge in [0.2, 0.25) is 5.91 Å². The maximum atomic E-state index is 13.2. The van der Waals surface area contributed by atoms with Crippen LogP contribution in [0, 0.1) is 11.6 Å². The van der Waals surface area contributed by atoms with E-state index in [9.17, 15) is 22.4 Å². The zero-order valence-corrected chi connectivity index (χ0v) is 13.5. The largest absolute Gasteiger partial charge is 0.586 e. The standard InChI is InChI=1S/C17H14F4N2O3/c1-9(10-2-4-12(18)13(19)6-10)22-8-16(24)23-11-3-5-14-15(7-11)26-17(20,21)25-14/h2-7,9,22H,8H2,1H3,(H,23,24)/t9-/m0/s1. The maximum Gasteiger partial charge on any atom is 0.586 e. The van der Waals surface area contributed by atoms with Gasteiger partial charge in [0, 0.05) is 17.8 Å². The number of anilines is 1. The van der Waals surface area contributed by atoms with Crippen LogP contribution in [0.15, 0.2) is 36.4 Å². The third kappa shape index (κ3) is 4.05. The van der Waals surface area contributed by atoms with Crippen molar-refractivity contribution in [2.75, 3.05) is 11.9 Å². The van der Waals surface area contributed by atoms with E-state index in [1.807, 2.05) is 0 Å². The van der Waals surface area contributed by atoms with Gasteiger partial charge in [0.05, 0.1) is 6.54 Å². The van der Waals surface area contributed by atoms with E-state index in [1.54, 1.807) is 6.92 Å². The van der Waals surface area contributed by atoms with E-state index in [2.05, 4.69) is 20.1 Å². The van der Waals surface area contributed by atoms with Crippen molar-refractivity contribution in [3.8, 4) is 11.5 Å². The van der Waals surface area contributed by atoms with Crippen molar-refractivity contribution in [2.45, 2.75) is 19.3 Å². The molecule has 1 aliphatic rings. The quantitative estimate of drug-likeness (QED) is 0.790. The molecule has 2 aromatic rings. The predicted octanol–water partition coefficient (Wildman–Crippen LogP) is 3.58. The van der Waals surface area contributed by atoms with Crippen LogP contribution >= 0.6 is 0 Å². The molecule has 138 valence electrons. The van der Waals surface area contributed by atoms with Gasteiger partial charge in [0.15, 0.2) is 23.1 Å². The highest BCUT2D eigenvalue weighted by Crippen LogP contribution is 2.42. The second kappa shape index (κ2) is 6.83. The van der Waals surface area contributed by atoms with Gasteiger partial charge in [-0.05, 0) is 36.8 Å². The Labute approximate surface area is 145 Å². The van der Waals surface area contributed by atoms with Crippen LogP contribution in [0.1, 0.15) is 18.5 Å². The fourth-order valence-corrected chi connectivity index (χ4v) is 2.38. The molecule has 0 aliphatic carbocycles. The molecule has 26 heavy (non-hydrogen) atoms. The molecule has 5 nitrogen and oxygen atoms in total. The first-order valence-electron chi connectivity index (χ1n) is 7.61. The highest BCUT2D eigenvalue weighted by Gasteiger charge is 2.43. The molecule has 1 amide bonds. The number of halogens is 4. The van der Waals surface area contributed by atoms with Gasteiger partial charge in [-0.3, -0.25) is 4.79 Å². The van der Waals surface area contributed by atoms with E-state index < -0.39 is 29.9 Å². The Hall–Kier alpha value is -2.81. The van der Waals surface area contributed by atoms with Crippen molar-refractivity contribution in [3.63, 3.8) is 0 Å². The fraction of sp³-hybridized carbons (Fsp3) is 0.235. The smallest absolute Gasteiger partial charge is 0.395 e. The lowest BCUT2D eigenvalue weighted by atomic mass is 10.1. The highest BCUT2D eigenvalue weighted by atomic mass is 19.3. The molecular weight excluding hydrogens is 356 g/mol. The zero-order chi connectivity index (χ0) is 18.9. The molecule has 2 aromatic carbocycles. The third-order valence-corrected chi connectivity index (χ3v) is 3.70. The molecule has 1 heterocycles. The van der Waals surface area contributed by atoms with E-state index in [1.165, 1.54) is 24.3 Å². The number of hydrogen-bond donors (Lipinski definition) is 2. The number of fused-ring (bicyclic) bond motifs is 1. The van der Waals surface area contributed by atoms with E-state index in [0.717, 1.165) is 12.1 Å². The topological polar surface area (TPSA) is 59.6 Å². The van der Waals surface area contributed by atoms with E-state index in [0.29, 0.717) is 5.56 Å². The Balaban J connectivity index is 1.55. The van der Waals surface area contributed by atoms with Crippen LogP contribution in [0.2, 0.25) is 0 Å². The van der Waals surface area contributed by atoms with Crippen molar-refractivity contribution < 1.29 is 31.8 Å². The number of nitrogens with one attached hydrogen (secondary N) is 2. The molecule has 9 heteroatoms. The average Bonchev–Trinajstić information content (AvgIpc) is 2.88. The van der Waals surface area contributed by atoms with Crippen LogP contribution in [0.25, 0.3) is 0 Å². The molecule has 0 spiro atoms. The summed E-state index contributed by atoms with van der Waals surface area (Å²) in [4.78, 5) is 12.0. The lowest BCUT2D eigenvalue weighted by Gasteiger charge is -2.14. The molecular formula is C17H14F4N2O3. The van der Waals surface area contributed by atoms with Crippen molar-refractivity contribution >= 4 is 11.6 Å². The van der Waals surface area contributed by atoms with Crippen LogP contribution < -0.4 is 20.1 Å². The zero-order valence-electron chi connectivity index (χ0n) is 13.5. The molecule has 0 unspecified atom stereocenters. The molecule has 3 rings (SSSR count). The monoisotopic (exact) mass is 370 g/mol. The molecule has 2 N–H and O–H groups in total. The summed E-state index contributed by atoms with van der Waals surface area (Å²) in [5, 5.41) is 5.36. The fourth-order valence-electron chi connectivity index (χ4n) is 2.38. The number of hydrogen-bond acceptors (Lipinski definition) is 4. The molecule has 0 fully saturated rings. The molecule has 0 saturated carbocycles. The van der Waals surface area contributed by atoms with Gasteiger partial charge < -0.3 is 20.1 Å². The summed E-state index contributed by atoms with van der Waals surface area (Å²) in [5.41, 5.74) is 0.722. The first-order chi connectivity index (χ1) is 12.2. The number of rotatable bonds is 5. The van der Waals surface area contributed by atoms with Crippen molar-refractivity contribution in [1.82, 2.24) is 5.32 Å². The Morgan fingerprint density at radius 2 is 1.81 bits per heavy atom. The minimum absolute atomic E-state index is 0.127. The number of carbonyl (C=O) groups is 1. The maximum absolute atomic E-state index is 13.2. The molecule has 1 aliphatic heterocycles. The molecule has 0 bridgehead atoms. The summed E-state index contributed by atoms with van der Waals surface area (Å²) in [5.74, 6) is -2.69. The van der Waals surface area contributed by atoms with Gasteiger partial charge in [-0.1, -0.05) is 6.07 Å². The summed E-state index contributed by atoms with van der Waals surface area (Å²) in [6.45, 7) is 1.55. The normalized spacial score (nSPS) is 15.6. The van der Waals surface area contributed by atoms with Crippen LogP contribution in [-0.2, 0) is 4.79 Å². The Morgan fingerprint density at radius 1 is 1.08 bits per heavy atom. The number of carbonyl (C=O) groups excluding carboxylic acids is 1. The van der Waals surface area contributed by atoms with Gasteiger partial charge in [0.1, 0.15) is 0 Å². The van der Waals surface area contributed by atoms with Crippen molar-refractivity contribution in [1.29, 1.82) is 0 Å². The summed E-state index contributed by atoms with van der Waals surface area (Å²) in [6.07, 6.45) is -3.73. The average molecular weight is 370 g/mol. The van der Waals surface area contributed by atoms with Gasteiger partial charge in [-0.15, -0.1) is 8.78 Å². The van der Waals surface area contributed by atoms with E-state index >= 15 is 0 Å². The van der Waals surface area contributed by atoms with Crippen LogP contribution in [-0.4, -0.2) is 18.7 Å². The number of amides is 1. The van der Waals surface area contributed by atoms with Gasteiger partial charge >= 0.3 is 6.29 Å². The van der Waals surface area contributed by atoms with Crippen LogP contribution in [0.3, 0.4) is 0 Å². The molecule has 1 atom stereocenters. The lowest BCUT2D eigenvalue weighted by Crippen LogP contribution is -2.30.